The van der Waals surface area contributed by atoms with Gasteiger partial charge in [0.05, 0.1) is 13.2 Å². The van der Waals surface area contributed by atoms with Gasteiger partial charge in [-0.1, -0.05) is 30.3 Å². The lowest BCUT2D eigenvalue weighted by Gasteiger charge is -2.34. The summed E-state index contributed by atoms with van der Waals surface area (Å²) in [4.78, 5) is 39.9. The van der Waals surface area contributed by atoms with Crippen LogP contribution in [0.1, 0.15) is 45.6 Å². The molecule has 2 heterocycles. The molecule has 0 aromatic heterocycles. The van der Waals surface area contributed by atoms with E-state index in [1.807, 2.05) is 0 Å². The number of amides is 1. The van der Waals surface area contributed by atoms with E-state index >= 15 is 0 Å². The number of methoxy groups -OCH3 is 2. The predicted octanol–water partition coefficient (Wildman–Crippen LogP) is 3.72. The molecule has 0 aliphatic carbocycles. The van der Waals surface area contributed by atoms with Crippen molar-refractivity contribution in [3.63, 3.8) is 0 Å². The first kappa shape index (κ1) is 25.8. The van der Waals surface area contributed by atoms with Gasteiger partial charge in [0.2, 0.25) is 0 Å². The van der Waals surface area contributed by atoms with Crippen LogP contribution in [0, 0.1) is 0 Å². The summed E-state index contributed by atoms with van der Waals surface area (Å²) in [6.07, 6.45) is -7.00. The zero-order chi connectivity index (χ0) is 25.5. The number of fused-ring (bicyclic) bond motifs is 2. The summed E-state index contributed by atoms with van der Waals surface area (Å²) in [5.41, 5.74) is -6.24. The topological polar surface area (TPSA) is 91.4 Å². The Morgan fingerprint density at radius 1 is 1.06 bits per heavy atom. The van der Waals surface area contributed by atoms with Crippen molar-refractivity contribution in [2.45, 2.75) is 75.1 Å². The number of rotatable bonds is 5. The molecule has 0 spiro atoms. The fourth-order valence-corrected chi connectivity index (χ4v) is 4.80. The number of nitrogens with zero attached hydrogens (tertiary/aromatic N) is 1. The van der Waals surface area contributed by atoms with Crippen LogP contribution in [0.5, 0.6) is 0 Å². The molecule has 1 amide bonds. The second kappa shape index (κ2) is 8.75. The maximum atomic E-state index is 14.2. The van der Waals surface area contributed by atoms with Crippen molar-refractivity contribution in [3.8, 4) is 0 Å². The third kappa shape index (κ3) is 4.10. The first-order chi connectivity index (χ1) is 15.7. The zero-order valence-electron chi connectivity index (χ0n) is 19.6. The summed E-state index contributed by atoms with van der Waals surface area (Å²) in [5.74, 6) is -2.44. The number of hydrogen-bond donors (Lipinski definition) is 0. The predicted molar refractivity (Wildman–Crippen MR) is 112 cm³/mol. The summed E-state index contributed by atoms with van der Waals surface area (Å²) >= 11 is 0. The molecule has 0 saturated carbocycles. The van der Waals surface area contributed by atoms with E-state index in [-0.39, 0.29) is 19.3 Å². The lowest BCUT2D eigenvalue weighted by molar-refractivity contribution is -0.278. The number of hydrogen-bond acceptors (Lipinski definition) is 7. The zero-order valence-corrected chi connectivity index (χ0v) is 19.6. The number of halogens is 3. The molecule has 2 aliphatic heterocycles. The highest BCUT2D eigenvalue weighted by Gasteiger charge is 2.68. The van der Waals surface area contributed by atoms with Crippen molar-refractivity contribution in [2.75, 3.05) is 14.2 Å². The Morgan fingerprint density at radius 3 is 2.18 bits per heavy atom. The summed E-state index contributed by atoms with van der Waals surface area (Å²) in [6.45, 7) is 4.92. The standard InChI is InChI=1S/C23H28F3NO7/c1-20(2,3)34-19(30)27-15-11-12-21(27,17(28)31-4)13-16(15)33-18(29)22(32-5,23(24,25)26)14-9-7-6-8-10-14/h6-10,15-16H,11-13H2,1-5H3/t15-,16+,21+,22-/m1/s1. The van der Waals surface area contributed by atoms with Crippen LogP contribution in [0.4, 0.5) is 18.0 Å². The van der Waals surface area contributed by atoms with Crippen LogP contribution < -0.4 is 0 Å². The highest BCUT2D eigenvalue weighted by Crippen LogP contribution is 2.50. The van der Waals surface area contributed by atoms with E-state index in [0.717, 1.165) is 31.3 Å². The minimum absolute atomic E-state index is 0.199. The minimum atomic E-state index is -5.15. The van der Waals surface area contributed by atoms with Crippen molar-refractivity contribution in [1.82, 2.24) is 4.90 Å². The van der Waals surface area contributed by atoms with Crippen LogP contribution >= 0.6 is 0 Å². The van der Waals surface area contributed by atoms with Crippen LogP contribution in [0.15, 0.2) is 30.3 Å². The van der Waals surface area contributed by atoms with Gasteiger partial charge in [-0.3, -0.25) is 4.90 Å². The summed E-state index contributed by atoms with van der Waals surface area (Å²) in [5, 5.41) is 0. The smallest absolute Gasteiger partial charge is 0.432 e. The fourth-order valence-electron chi connectivity index (χ4n) is 4.80. The fraction of sp³-hybridized carbons (Fsp3) is 0.609. The molecule has 1 aromatic carbocycles. The van der Waals surface area contributed by atoms with Gasteiger partial charge in [-0.15, -0.1) is 0 Å². The molecular weight excluding hydrogens is 459 g/mol. The van der Waals surface area contributed by atoms with Gasteiger partial charge in [0, 0.05) is 19.1 Å². The van der Waals surface area contributed by atoms with Crippen LogP contribution in [-0.4, -0.2) is 66.6 Å². The SMILES string of the molecule is COC(=O)[C@]12CC[C@H]([C@@H](OC(=O)[C@](OC)(c3ccccc3)C(F)(F)F)C1)N2C(=O)OC(C)(C)C. The maximum Gasteiger partial charge on any atom is 0.432 e. The van der Waals surface area contributed by atoms with E-state index < -0.39 is 58.7 Å². The monoisotopic (exact) mass is 487 g/mol. The molecule has 4 atom stereocenters. The van der Waals surface area contributed by atoms with E-state index in [2.05, 4.69) is 0 Å². The molecule has 2 aliphatic rings. The Balaban J connectivity index is 1.97. The van der Waals surface area contributed by atoms with Gasteiger partial charge in [-0.2, -0.15) is 13.2 Å². The largest absolute Gasteiger partial charge is 0.467 e. The molecule has 3 rings (SSSR count). The van der Waals surface area contributed by atoms with Gasteiger partial charge >= 0.3 is 24.2 Å². The third-order valence-electron chi connectivity index (χ3n) is 6.20. The number of carbonyl (C=O) groups is 3. The quantitative estimate of drug-likeness (QED) is 0.462. The van der Waals surface area contributed by atoms with Crippen LogP contribution in [0.2, 0.25) is 0 Å². The lowest BCUT2D eigenvalue weighted by atomic mass is 9.85. The van der Waals surface area contributed by atoms with E-state index in [0.29, 0.717) is 0 Å². The second-order valence-electron chi connectivity index (χ2n) is 9.38. The Hall–Kier alpha value is -2.82. The Labute approximate surface area is 195 Å². The molecule has 34 heavy (non-hydrogen) atoms. The van der Waals surface area contributed by atoms with Gasteiger partial charge in [0.1, 0.15) is 17.2 Å². The van der Waals surface area contributed by atoms with E-state index in [1.54, 1.807) is 20.8 Å². The van der Waals surface area contributed by atoms with Crippen molar-refractivity contribution in [2.24, 2.45) is 0 Å². The summed E-state index contributed by atoms with van der Waals surface area (Å²) in [6, 6.07) is 5.55. The number of carbonyl (C=O) groups excluding carboxylic acids is 3. The average molecular weight is 487 g/mol. The molecular formula is C23H28F3NO7. The summed E-state index contributed by atoms with van der Waals surface area (Å²) < 4.78 is 63.2. The third-order valence-corrected chi connectivity index (χ3v) is 6.20. The molecule has 2 fully saturated rings. The molecule has 0 unspecified atom stereocenters. The molecule has 188 valence electrons. The van der Waals surface area contributed by atoms with Crippen molar-refractivity contribution < 1.29 is 46.5 Å². The lowest BCUT2D eigenvalue weighted by Crippen LogP contribution is -2.53. The van der Waals surface area contributed by atoms with Gasteiger partial charge in [-0.05, 0) is 33.6 Å². The molecule has 8 nitrogen and oxygen atoms in total. The molecule has 0 N–H and O–H groups in total. The van der Waals surface area contributed by atoms with E-state index in [9.17, 15) is 27.6 Å². The van der Waals surface area contributed by atoms with Crippen molar-refractivity contribution in [3.05, 3.63) is 35.9 Å². The normalized spacial score (nSPS) is 26.1. The molecule has 2 saturated heterocycles. The number of esters is 2. The second-order valence-corrected chi connectivity index (χ2v) is 9.38. The Bertz CT molecular complexity index is 946. The van der Waals surface area contributed by atoms with Crippen molar-refractivity contribution >= 4 is 18.0 Å². The minimum Gasteiger partial charge on any atom is -0.467 e. The van der Waals surface area contributed by atoms with Gasteiger partial charge in [0.15, 0.2) is 0 Å². The van der Waals surface area contributed by atoms with Gasteiger partial charge < -0.3 is 18.9 Å². The van der Waals surface area contributed by atoms with Gasteiger partial charge in [-0.25, -0.2) is 14.4 Å². The summed E-state index contributed by atoms with van der Waals surface area (Å²) in [7, 11) is 1.91. The molecule has 2 bridgehead atoms. The van der Waals surface area contributed by atoms with Gasteiger partial charge in [0.25, 0.3) is 5.60 Å². The molecule has 11 heteroatoms. The van der Waals surface area contributed by atoms with E-state index in [1.165, 1.54) is 18.2 Å². The van der Waals surface area contributed by atoms with Crippen LogP contribution in [-0.2, 0) is 34.1 Å². The first-order valence-corrected chi connectivity index (χ1v) is 10.7. The molecule has 1 aromatic rings. The highest BCUT2D eigenvalue weighted by molar-refractivity contribution is 5.89. The number of benzene rings is 1. The molecule has 0 radical (unpaired) electrons. The number of alkyl halides is 3. The maximum absolute atomic E-state index is 14.2. The van der Waals surface area contributed by atoms with E-state index in [4.69, 9.17) is 18.9 Å². The van der Waals surface area contributed by atoms with Crippen LogP contribution in [0.25, 0.3) is 0 Å². The average Bonchev–Trinajstić information content (AvgIpc) is 3.27. The number of ether oxygens (including phenoxy) is 4. The first-order valence-electron chi connectivity index (χ1n) is 10.7. The Morgan fingerprint density at radius 2 is 1.68 bits per heavy atom. The van der Waals surface area contributed by atoms with Crippen molar-refractivity contribution in [1.29, 1.82) is 0 Å². The highest BCUT2D eigenvalue weighted by atomic mass is 19.4. The van der Waals surface area contributed by atoms with Crippen LogP contribution in [0.3, 0.4) is 0 Å². The Kier molecular flexibility index (Phi) is 6.64.